The summed E-state index contributed by atoms with van der Waals surface area (Å²) >= 11 is 0. The van der Waals surface area contributed by atoms with Gasteiger partial charge in [0.1, 0.15) is 12.4 Å². The minimum absolute atomic E-state index is 0.324. The number of hydrogen-bond donors (Lipinski definition) is 2. The molecule has 19 heavy (non-hydrogen) atoms. The van der Waals surface area contributed by atoms with Gasteiger partial charge >= 0.3 is 5.97 Å². The second-order valence-corrected chi connectivity index (χ2v) is 5.76. The van der Waals surface area contributed by atoms with Gasteiger partial charge < -0.3 is 15.4 Å². The van der Waals surface area contributed by atoms with E-state index in [1.807, 2.05) is 0 Å². The zero-order chi connectivity index (χ0) is 14.8. The van der Waals surface area contributed by atoms with Gasteiger partial charge in [0.2, 0.25) is 5.91 Å². The van der Waals surface area contributed by atoms with E-state index in [2.05, 4.69) is 4.98 Å². The number of aryl methyl sites for hydroxylation is 2. The number of nitrogens with zero attached hydrogens (tertiary/aromatic N) is 3. The molecule has 3 N–H and O–H groups in total. The number of carboxylic acid groups (broad SMARTS) is 1. The van der Waals surface area contributed by atoms with Crippen LogP contribution in [0.15, 0.2) is 11.2 Å². The van der Waals surface area contributed by atoms with Crippen LogP contribution in [-0.4, -0.2) is 52.3 Å². The van der Waals surface area contributed by atoms with Crippen molar-refractivity contribution in [3.63, 3.8) is 0 Å². The fourth-order valence-corrected chi connectivity index (χ4v) is 2.71. The van der Waals surface area contributed by atoms with Crippen LogP contribution in [0.2, 0.25) is 0 Å². The molecule has 1 aromatic rings. The van der Waals surface area contributed by atoms with Crippen molar-refractivity contribution in [3.05, 3.63) is 12.0 Å². The molecule has 10 heteroatoms. The number of aliphatic carboxylic acids is 1. The fourth-order valence-electron chi connectivity index (χ4n) is 1.33. The van der Waals surface area contributed by atoms with Crippen LogP contribution in [0, 0.1) is 6.92 Å². The van der Waals surface area contributed by atoms with Crippen LogP contribution in [0.5, 0.6) is 0 Å². The van der Waals surface area contributed by atoms with Crippen molar-refractivity contribution in [2.75, 3.05) is 13.1 Å². The number of carboxylic acids is 1. The first-order valence-corrected chi connectivity index (χ1v) is 6.59. The Morgan fingerprint density at radius 1 is 1.47 bits per heavy atom. The van der Waals surface area contributed by atoms with Crippen LogP contribution in [0.25, 0.3) is 0 Å². The molecule has 0 aliphatic heterocycles. The Morgan fingerprint density at radius 3 is 2.42 bits per heavy atom. The van der Waals surface area contributed by atoms with E-state index in [0.29, 0.717) is 10.1 Å². The number of sulfonamides is 1. The van der Waals surface area contributed by atoms with E-state index < -0.39 is 35.0 Å². The summed E-state index contributed by atoms with van der Waals surface area (Å²) in [5, 5.41) is 8.36. The number of carbonyl (C=O) groups is 2. The first-order chi connectivity index (χ1) is 8.64. The van der Waals surface area contributed by atoms with Gasteiger partial charge in [-0.15, -0.1) is 0 Å². The lowest BCUT2D eigenvalue weighted by atomic mass is 10.5. The maximum absolute atomic E-state index is 12.1. The van der Waals surface area contributed by atoms with Gasteiger partial charge in [0, 0.05) is 13.2 Å². The predicted molar refractivity (Wildman–Crippen MR) is 63.5 cm³/mol. The molecular weight excluding hydrogens is 276 g/mol. The van der Waals surface area contributed by atoms with Gasteiger partial charge in [-0.1, -0.05) is 0 Å². The van der Waals surface area contributed by atoms with Gasteiger partial charge in [-0.05, 0) is 6.92 Å². The Kier molecular flexibility index (Phi) is 4.27. The molecule has 1 rings (SSSR count). The van der Waals surface area contributed by atoms with Crippen LogP contribution in [-0.2, 0) is 26.7 Å². The minimum atomic E-state index is -4.17. The number of nitrogens with two attached hydrogens (primary N) is 1. The van der Waals surface area contributed by atoms with E-state index in [4.69, 9.17) is 10.8 Å². The summed E-state index contributed by atoms with van der Waals surface area (Å²) < 4.78 is 26.2. The van der Waals surface area contributed by atoms with Crippen LogP contribution in [0.1, 0.15) is 5.82 Å². The van der Waals surface area contributed by atoms with Crippen LogP contribution in [0.4, 0.5) is 0 Å². The Morgan fingerprint density at radius 2 is 2.05 bits per heavy atom. The van der Waals surface area contributed by atoms with E-state index in [1.54, 1.807) is 14.0 Å². The lowest BCUT2D eigenvalue weighted by molar-refractivity contribution is -0.137. The van der Waals surface area contributed by atoms with Crippen LogP contribution < -0.4 is 5.73 Å². The highest BCUT2D eigenvalue weighted by Crippen LogP contribution is 2.14. The van der Waals surface area contributed by atoms with Crippen molar-refractivity contribution in [2.24, 2.45) is 12.8 Å². The first kappa shape index (κ1) is 15.1. The summed E-state index contributed by atoms with van der Waals surface area (Å²) in [5.74, 6) is -1.90. The van der Waals surface area contributed by atoms with Gasteiger partial charge in [-0.25, -0.2) is 13.4 Å². The molecule has 1 heterocycles. The number of primary amides is 1. The Labute approximate surface area is 109 Å². The minimum Gasteiger partial charge on any atom is -0.480 e. The van der Waals surface area contributed by atoms with Gasteiger partial charge in [0.25, 0.3) is 10.0 Å². The SMILES string of the molecule is Cc1nc(S(=O)(=O)N(CC(N)=O)CC(=O)O)cn1C. The molecule has 9 nitrogen and oxygen atoms in total. The van der Waals surface area contributed by atoms with Crippen molar-refractivity contribution >= 4 is 21.9 Å². The lowest BCUT2D eigenvalue weighted by Gasteiger charge is -2.16. The third kappa shape index (κ3) is 3.51. The number of rotatable bonds is 6. The zero-order valence-electron chi connectivity index (χ0n) is 10.4. The molecule has 0 aromatic carbocycles. The van der Waals surface area contributed by atoms with E-state index >= 15 is 0 Å². The van der Waals surface area contributed by atoms with E-state index in [0.717, 1.165) is 0 Å². The highest BCUT2D eigenvalue weighted by Gasteiger charge is 2.30. The highest BCUT2D eigenvalue weighted by molar-refractivity contribution is 7.89. The molecule has 0 saturated heterocycles. The van der Waals surface area contributed by atoms with Crippen molar-refractivity contribution in [3.8, 4) is 0 Å². The summed E-state index contributed by atoms with van der Waals surface area (Å²) in [6, 6.07) is 0. The van der Waals surface area contributed by atoms with Crippen molar-refractivity contribution in [1.29, 1.82) is 0 Å². The number of amides is 1. The molecular formula is C9H14N4O5S. The highest BCUT2D eigenvalue weighted by atomic mass is 32.2. The molecule has 0 unspecified atom stereocenters. The summed E-state index contributed by atoms with van der Waals surface area (Å²) in [6.45, 7) is 0.0137. The number of imidazole rings is 1. The number of aromatic nitrogens is 2. The maximum Gasteiger partial charge on any atom is 0.318 e. The van der Waals surface area contributed by atoms with Gasteiger partial charge in [0.05, 0.1) is 6.54 Å². The average Bonchev–Trinajstić information content (AvgIpc) is 2.57. The molecule has 0 bridgehead atoms. The molecule has 0 fully saturated rings. The summed E-state index contributed by atoms with van der Waals surface area (Å²) in [5.41, 5.74) is 4.92. The van der Waals surface area contributed by atoms with Gasteiger partial charge in [-0.2, -0.15) is 4.31 Å². The molecule has 0 atom stereocenters. The molecule has 0 aliphatic rings. The Balaban J connectivity index is 3.18. The number of carbonyl (C=O) groups excluding carboxylic acids is 1. The first-order valence-electron chi connectivity index (χ1n) is 5.15. The third-order valence-electron chi connectivity index (χ3n) is 2.33. The second-order valence-electron chi connectivity index (χ2n) is 3.87. The van der Waals surface area contributed by atoms with Gasteiger partial charge in [0.15, 0.2) is 5.03 Å². The zero-order valence-corrected chi connectivity index (χ0v) is 11.2. The van der Waals surface area contributed by atoms with Gasteiger partial charge in [-0.3, -0.25) is 9.59 Å². The monoisotopic (exact) mass is 290 g/mol. The largest absolute Gasteiger partial charge is 0.480 e. The Bertz CT molecular complexity index is 571. The summed E-state index contributed by atoms with van der Waals surface area (Å²) in [4.78, 5) is 25.3. The smallest absolute Gasteiger partial charge is 0.318 e. The fraction of sp³-hybridized carbons (Fsp3) is 0.444. The van der Waals surface area contributed by atoms with Crippen molar-refractivity contribution in [1.82, 2.24) is 13.9 Å². The molecule has 0 aliphatic carbocycles. The van der Waals surface area contributed by atoms with Crippen LogP contribution in [0.3, 0.4) is 0 Å². The quantitative estimate of drug-likeness (QED) is 0.640. The van der Waals surface area contributed by atoms with Crippen molar-refractivity contribution < 1.29 is 23.1 Å². The molecule has 0 saturated carbocycles. The normalized spacial score (nSPS) is 11.7. The standard InChI is InChI=1S/C9H14N4O5S/c1-6-11-8(4-12(6)2)19(17,18)13(3-7(10)14)5-9(15)16/h4H,3,5H2,1-2H3,(H2,10,14)(H,15,16). The third-order valence-corrected chi connectivity index (χ3v) is 4.00. The van der Waals surface area contributed by atoms with E-state index in [-0.39, 0.29) is 5.03 Å². The summed E-state index contributed by atoms with van der Waals surface area (Å²) in [6.07, 6.45) is 1.24. The molecule has 0 spiro atoms. The second kappa shape index (κ2) is 5.36. The molecule has 106 valence electrons. The molecule has 1 aromatic heterocycles. The van der Waals surface area contributed by atoms with E-state index in [9.17, 15) is 18.0 Å². The molecule has 1 amide bonds. The van der Waals surface area contributed by atoms with Crippen molar-refractivity contribution in [2.45, 2.75) is 11.9 Å². The van der Waals surface area contributed by atoms with Crippen LogP contribution >= 0.6 is 0 Å². The predicted octanol–water partition coefficient (Wildman–Crippen LogP) is -1.71. The van der Waals surface area contributed by atoms with E-state index in [1.165, 1.54) is 10.8 Å². The average molecular weight is 290 g/mol. The Hall–Kier alpha value is -1.94. The molecule has 0 radical (unpaired) electrons. The topological polar surface area (TPSA) is 136 Å². The maximum atomic E-state index is 12.1. The summed E-state index contributed by atoms with van der Waals surface area (Å²) in [7, 11) is -2.58. The number of hydrogen-bond acceptors (Lipinski definition) is 5. The lowest BCUT2D eigenvalue weighted by Crippen LogP contribution is -2.41.